The molecule has 0 amide bonds. The number of likely N-dealkylation sites (tertiary alicyclic amines) is 1. The molecular weight excluding hydrogens is 268 g/mol. The lowest BCUT2D eigenvalue weighted by molar-refractivity contribution is -0.384. The molecule has 6 nitrogen and oxygen atoms in total. The van der Waals surface area contributed by atoms with Gasteiger partial charge in [0.15, 0.2) is 0 Å². The second-order valence-electron chi connectivity index (χ2n) is 5.56. The van der Waals surface area contributed by atoms with Crippen molar-refractivity contribution >= 4 is 11.4 Å². The van der Waals surface area contributed by atoms with E-state index in [1.807, 2.05) is 6.07 Å². The predicted octanol–water partition coefficient (Wildman–Crippen LogP) is 2.61. The van der Waals surface area contributed by atoms with Crippen molar-refractivity contribution in [2.45, 2.75) is 19.3 Å². The number of anilines is 1. The van der Waals surface area contributed by atoms with Crippen LogP contribution in [0.2, 0.25) is 0 Å². The van der Waals surface area contributed by atoms with Gasteiger partial charge in [0.2, 0.25) is 0 Å². The number of nitrogens with zero attached hydrogens (tertiary/aromatic N) is 3. The van der Waals surface area contributed by atoms with Crippen LogP contribution >= 0.6 is 0 Å². The molecule has 0 saturated carbocycles. The van der Waals surface area contributed by atoms with Crippen LogP contribution in [0.25, 0.3) is 0 Å². The van der Waals surface area contributed by atoms with Crippen molar-refractivity contribution in [3.63, 3.8) is 0 Å². The fourth-order valence-corrected chi connectivity index (χ4v) is 2.67. The first-order valence-corrected chi connectivity index (χ1v) is 7.21. The van der Waals surface area contributed by atoms with E-state index in [2.05, 4.69) is 17.3 Å². The van der Waals surface area contributed by atoms with Crippen LogP contribution in [0.4, 0.5) is 11.4 Å². The minimum atomic E-state index is -0.418. The first-order chi connectivity index (χ1) is 10.1. The van der Waals surface area contributed by atoms with E-state index in [9.17, 15) is 10.1 Å². The van der Waals surface area contributed by atoms with E-state index in [1.165, 1.54) is 25.0 Å². The quantitative estimate of drug-likeness (QED) is 0.665. The van der Waals surface area contributed by atoms with Gasteiger partial charge in [-0.05, 0) is 57.5 Å². The highest BCUT2D eigenvalue weighted by Crippen LogP contribution is 2.26. The van der Waals surface area contributed by atoms with Gasteiger partial charge >= 0.3 is 0 Å². The van der Waals surface area contributed by atoms with E-state index >= 15 is 0 Å². The molecular formula is C15H20N4O2. The van der Waals surface area contributed by atoms with Crippen molar-refractivity contribution < 1.29 is 4.92 Å². The maximum absolute atomic E-state index is 11.0. The molecule has 1 aliphatic rings. The smallest absolute Gasteiger partial charge is 0.292 e. The summed E-state index contributed by atoms with van der Waals surface area (Å²) in [6.07, 6.45) is 3.36. The summed E-state index contributed by atoms with van der Waals surface area (Å²) < 4.78 is 0. The Labute approximate surface area is 124 Å². The fraction of sp³-hybridized carbons (Fsp3) is 0.533. The summed E-state index contributed by atoms with van der Waals surface area (Å²) in [5.41, 5.74) is 0.895. The monoisotopic (exact) mass is 288 g/mol. The molecule has 0 aromatic heterocycles. The third kappa shape index (κ3) is 4.17. The Morgan fingerprint density at radius 2 is 2.19 bits per heavy atom. The fourth-order valence-electron chi connectivity index (χ4n) is 2.67. The van der Waals surface area contributed by atoms with Crippen LogP contribution < -0.4 is 5.32 Å². The maximum atomic E-state index is 11.0. The summed E-state index contributed by atoms with van der Waals surface area (Å²) in [4.78, 5) is 12.9. The summed E-state index contributed by atoms with van der Waals surface area (Å²) in [5.74, 6) is 0.673. The highest BCUT2D eigenvalue weighted by Gasteiger charge is 2.17. The Morgan fingerprint density at radius 1 is 1.48 bits per heavy atom. The van der Waals surface area contributed by atoms with Crippen molar-refractivity contribution in [2.75, 3.05) is 32.0 Å². The minimum absolute atomic E-state index is 0.0253. The number of nitrogens with one attached hydrogen (secondary N) is 1. The third-order valence-electron chi connectivity index (χ3n) is 4.03. The van der Waals surface area contributed by atoms with Gasteiger partial charge < -0.3 is 10.2 Å². The van der Waals surface area contributed by atoms with E-state index in [0.29, 0.717) is 23.7 Å². The molecule has 1 aliphatic heterocycles. The topological polar surface area (TPSA) is 82.2 Å². The highest BCUT2D eigenvalue weighted by atomic mass is 16.6. The van der Waals surface area contributed by atoms with Gasteiger partial charge in [-0.15, -0.1) is 0 Å². The van der Waals surface area contributed by atoms with Crippen LogP contribution in [0.3, 0.4) is 0 Å². The van der Waals surface area contributed by atoms with Crippen LogP contribution in [0.1, 0.15) is 24.8 Å². The second-order valence-corrected chi connectivity index (χ2v) is 5.56. The summed E-state index contributed by atoms with van der Waals surface area (Å²) in [6.45, 7) is 2.94. The summed E-state index contributed by atoms with van der Waals surface area (Å²) in [6, 6.07) is 6.42. The molecule has 1 fully saturated rings. The standard InChI is InChI=1S/C15H20N4O2/c1-18-8-5-12(6-9-18)4-7-17-14-10-13(11-16)2-3-15(14)19(20)21/h2-3,10,12,17H,4-9H2,1H3. The second kappa shape index (κ2) is 7.04. The van der Waals surface area contributed by atoms with Crippen LogP contribution in [0.15, 0.2) is 18.2 Å². The number of nitro groups is 1. The third-order valence-corrected chi connectivity index (χ3v) is 4.03. The van der Waals surface area contributed by atoms with Crippen molar-refractivity contribution in [1.29, 1.82) is 5.26 Å². The molecule has 1 aromatic rings. The van der Waals surface area contributed by atoms with Gasteiger partial charge in [0, 0.05) is 12.6 Å². The van der Waals surface area contributed by atoms with Gasteiger partial charge in [0.25, 0.3) is 5.69 Å². The molecule has 0 unspecified atom stereocenters. The van der Waals surface area contributed by atoms with E-state index in [0.717, 1.165) is 19.5 Å². The number of hydrogen-bond acceptors (Lipinski definition) is 5. The normalized spacial score (nSPS) is 16.4. The van der Waals surface area contributed by atoms with Crippen LogP contribution in [0, 0.1) is 27.4 Å². The Hall–Kier alpha value is -2.13. The molecule has 0 spiro atoms. The van der Waals surface area contributed by atoms with Crippen LogP contribution in [0.5, 0.6) is 0 Å². The Morgan fingerprint density at radius 3 is 2.81 bits per heavy atom. The lowest BCUT2D eigenvalue weighted by Gasteiger charge is -2.28. The molecule has 0 aliphatic carbocycles. The first-order valence-electron chi connectivity index (χ1n) is 7.21. The molecule has 1 N–H and O–H groups in total. The minimum Gasteiger partial charge on any atom is -0.379 e. The van der Waals surface area contributed by atoms with Gasteiger partial charge in [-0.1, -0.05) is 0 Å². The molecule has 1 heterocycles. The lowest BCUT2D eigenvalue weighted by Crippen LogP contribution is -2.30. The van der Waals surface area contributed by atoms with Crippen LogP contribution in [-0.2, 0) is 0 Å². The Balaban J connectivity index is 1.93. The molecule has 6 heteroatoms. The number of benzene rings is 1. The molecule has 1 aromatic carbocycles. The zero-order valence-electron chi connectivity index (χ0n) is 12.2. The number of hydrogen-bond donors (Lipinski definition) is 1. The molecule has 112 valence electrons. The van der Waals surface area contributed by atoms with Crippen molar-refractivity contribution in [3.05, 3.63) is 33.9 Å². The average Bonchev–Trinajstić information content (AvgIpc) is 2.49. The van der Waals surface area contributed by atoms with Crippen molar-refractivity contribution in [3.8, 4) is 6.07 Å². The van der Waals surface area contributed by atoms with Gasteiger partial charge in [-0.25, -0.2) is 0 Å². The highest BCUT2D eigenvalue weighted by molar-refractivity contribution is 5.64. The van der Waals surface area contributed by atoms with Gasteiger partial charge in [0.05, 0.1) is 16.6 Å². The summed E-state index contributed by atoms with van der Waals surface area (Å²) in [5, 5.41) is 23.0. The molecule has 1 saturated heterocycles. The molecule has 0 radical (unpaired) electrons. The first kappa shape index (κ1) is 15.3. The maximum Gasteiger partial charge on any atom is 0.292 e. The Bertz CT molecular complexity index is 545. The SMILES string of the molecule is CN1CCC(CCNc2cc(C#N)ccc2[N+](=O)[O-])CC1. The number of nitro benzene ring substituents is 1. The van der Waals surface area contributed by atoms with E-state index < -0.39 is 4.92 Å². The molecule has 21 heavy (non-hydrogen) atoms. The van der Waals surface area contributed by atoms with Crippen LogP contribution in [-0.4, -0.2) is 36.5 Å². The largest absolute Gasteiger partial charge is 0.379 e. The molecule has 2 rings (SSSR count). The molecule has 0 atom stereocenters. The predicted molar refractivity (Wildman–Crippen MR) is 81.1 cm³/mol. The number of rotatable bonds is 5. The summed E-state index contributed by atoms with van der Waals surface area (Å²) >= 11 is 0. The van der Waals surface area contributed by atoms with Crippen molar-refractivity contribution in [2.24, 2.45) is 5.92 Å². The van der Waals surface area contributed by atoms with Crippen molar-refractivity contribution in [1.82, 2.24) is 4.90 Å². The zero-order chi connectivity index (χ0) is 15.2. The zero-order valence-corrected chi connectivity index (χ0v) is 12.2. The van der Waals surface area contributed by atoms with E-state index in [-0.39, 0.29) is 5.69 Å². The Kier molecular flexibility index (Phi) is 5.12. The summed E-state index contributed by atoms with van der Waals surface area (Å²) in [7, 11) is 2.13. The van der Waals surface area contributed by atoms with Gasteiger partial charge in [0.1, 0.15) is 5.69 Å². The number of nitriles is 1. The average molecular weight is 288 g/mol. The van der Waals surface area contributed by atoms with E-state index in [1.54, 1.807) is 6.07 Å². The van der Waals surface area contributed by atoms with E-state index in [4.69, 9.17) is 5.26 Å². The molecule has 0 bridgehead atoms. The van der Waals surface area contributed by atoms with Gasteiger partial charge in [-0.2, -0.15) is 5.26 Å². The number of piperidine rings is 1. The van der Waals surface area contributed by atoms with Gasteiger partial charge in [-0.3, -0.25) is 10.1 Å². The lowest BCUT2D eigenvalue weighted by atomic mass is 9.94.